The van der Waals surface area contributed by atoms with E-state index in [2.05, 4.69) is 10.2 Å². The Morgan fingerprint density at radius 2 is 1.61 bits per heavy atom. The van der Waals surface area contributed by atoms with Gasteiger partial charge in [-0.3, -0.25) is 9.69 Å². The summed E-state index contributed by atoms with van der Waals surface area (Å²) in [7, 11) is -3.64. The zero-order chi connectivity index (χ0) is 23.8. The molecule has 1 N–H and O–H groups in total. The van der Waals surface area contributed by atoms with Crippen molar-refractivity contribution in [2.45, 2.75) is 18.7 Å². The molecule has 1 aliphatic heterocycles. The number of hydrogen-bond acceptors (Lipinski definition) is 6. The molecule has 0 atom stereocenters. The van der Waals surface area contributed by atoms with Crippen LogP contribution in [0.4, 0.5) is 4.39 Å². The molecule has 2 aromatic carbocycles. The van der Waals surface area contributed by atoms with Crippen molar-refractivity contribution in [3.05, 3.63) is 53.8 Å². The maximum absolute atomic E-state index is 13.1. The van der Waals surface area contributed by atoms with Gasteiger partial charge in [0.2, 0.25) is 10.0 Å². The molecule has 33 heavy (non-hydrogen) atoms. The van der Waals surface area contributed by atoms with Crippen molar-refractivity contribution in [1.29, 1.82) is 0 Å². The molecule has 8 nitrogen and oxygen atoms in total. The Hall–Kier alpha value is -2.69. The molecule has 1 amide bonds. The van der Waals surface area contributed by atoms with Gasteiger partial charge >= 0.3 is 0 Å². The lowest BCUT2D eigenvalue weighted by Crippen LogP contribution is -2.50. The molecule has 10 heteroatoms. The fourth-order valence-corrected chi connectivity index (χ4v) is 4.99. The van der Waals surface area contributed by atoms with E-state index in [0.717, 1.165) is 12.1 Å². The normalized spacial score (nSPS) is 15.2. The number of sulfonamides is 1. The SMILES string of the molecule is CCOc1ccc(C(=O)NCCN2CCN(S(=O)(=O)c3ccc(F)cc3)CC2)cc1OCC. The Morgan fingerprint density at radius 3 is 2.24 bits per heavy atom. The Labute approximate surface area is 194 Å². The summed E-state index contributed by atoms with van der Waals surface area (Å²) in [6.45, 7) is 7.53. The molecular weight excluding hydrogens is 449 g/mol. The van der Waals surface area contributed by atoms with Gasteiger partial charge in [0.25, 0.3) is 5.91 Å². The molecule has 1 aliphatic rings. The first-order valence-corrected chi connectivity index (χ1v) is 12.4. The van der Waals surface area contributed by atoms with Gasteiger partial charge < -0.3 is 14.8 Å². The number of carbonyl (C=O) groups is 1. The Morgan fingerprint density at radius 1 is 0.970 bits per heavy atom. The number of hydrogen-bond donors (Lipinski definition) is 1. The summed E-state index contributed by atoms with van der Waals surface area (Å²) in [5, 5.41) is 2.90. The van der Waals surface area contributed by atoms with Crippen molar-refractivity contribution >= 4 is 15.9 Å². The zero-order valence-corrected chi connectivity index (χ0v) is 19.7. The summed E-state index contributed by atoms with van der Waals surface area (Å²) >= 11 is 0. The summed E-state index contributed by atoms with van der Waals surface area (Å²) in [6, 6.07) is 9.95. The van der Waals surface area contributed by atoms with Crippen LogP contribution in [0, 0.1) is 5.82 Å². The first-order chi connectivity index (χ1) is 15.8. The fraction of sp³-hybridized carbons (Fsp3) is 0.435. The lowest BCUT2D eigenvalue weighted by Gasteiger charge is -2.33. The molecule has 0 spiro atoms. The van der Waals surface area contributed by atoms with Crippen molar-refractivity contribution in [2.75, 3.05) is 52.5 Å². The topological polar surface area (TPSA) is 88.2 Å². The quantitative estimate of drug-likeness (QED) is 0.563. The average molecular weight is 480 g/mol. The molecule has 1 heterocycles. The van der Waals surface area contributed by atoms with Crippen LogP contribution in [-0.2, 0) is 10.0 Å². The molecule has 180 valence electrons. The van der Waals surface area contributed by atoms with Gasteiger partial charge in [-0.05, 0) is 56.3 Å². The number of amides is 1. The highest BCUT2D eigenvalue weighted by molar-refractivity contribution is 7.89. The third-order valence-electron chi connectivity index (χ3n) is 5.30. The number of benzene rings is 2. The second kappa shape index (κ2) is 11.4. The van der Waals surface area contributed by atoms with E-state index >= 15 is 0 Å². The molecule has 3 rings (SSSR count). The minimum Gasteiger partial charge on any atom is -0.490 e. The standard InChI is InChI=1S/C23H30FN3O5S/c1-3-31-21-10-5-18(17-22(21)32-4-2)23(28)25-11-12-26-13-15-27(16-14-26)33(29,30)20-8-6-19(24)7-9-20/h5-10,17H,3-4,11-16H2,1-2H3,(H,25,28). The molecule has 0 aromatic heterocycles. The van der Waals surface area contributed by atoms with Crippen LogP contribution in [0.1, 0.15) is 24.2 Å². The van der Waals surface area contributed by atoms with Crippen LogP contribution < -0.4 is 14.8 Å². The highest BCUT2D eigenvalue weighted by atomic mass is 32.2. The lowest BCUT2D eigenvalue weighted by atomic mass is 10.2. The van der Waals surface area contributed by atoms with Crippen molar-refractivity contribution < 1.29 is 27.1 Å². The minimum atomic E-state index is -3.64. The summed E-state index contributed by atoms with van der Waals surface area (Å²) in [6.07, 6.45) is 0. The van der Waals surface area contributed by atoms with Crippen LogP contribution in [-0.4, -0.2) is 76.0 Å². The predicted molar refractivity (Wildman–Crippen MR) is 123 cm³/mol. The maximum Gasteiger partial charge on any atom is 0.251 e. The lowest BCUT2D eigenvalue weighted by molar-refractivity contribution is 0.0944. The Bertz CT molecular complexity index is 1040. The van der Waals surface area contributed by atoms with E-state index in [1.807, 2.05) is 13.8 Å². The van der Waals surface area contributed by atoms with Gasteiger partial charge in [-0.15, -0.1) is 0 Å². The zero-order valence-electron chi connectivity index (χ0n) is 18.9. The second-order valence-electron chi connectivity index (χ2n) is 7.48. The van der Waals surface area contributed by atoms with E-state index in [4.69, 9.17) is 9.47 Å². The smallest absolute Gasteiger partial charge is 0.251 e. The number of ether oxygens (including phenoxy) is 2. The first-order valence-electron chi connectivity index (χ1n) is 11.0. The van der Waals surface area contributed by atoms with Crippen LogP contribution >= 0.6 is 0 Å². The third-order valence-corrected chi connectivity index (χ3v) is 7.21. The molecule has 0 bridgehead atoms. The average Bonchev–Trinajstić information content (AvgIpc) is 2.81. The summed E-state index contributed by atoms with van der Waals surface area (Å²) < 4.78 is 51.0. The van der Waals surface area contributed by atoms with E-state index in [9.17, 15) is 17.6 Å². The van der Waals surface area contributed by atoms with Gasteiger partial charge in [-0.2, -0.15) is 4.31 Å². The highest BCUT2D eigenvalue weighted by Crippen LogP contribution is 2.28. The van der Waals surface area contributed by atoms with Crippen molar-refractivity contribution in [1.82, 2.24) is 14.5 Å². The van der Waals surface area contributed by atoms with E-state index < -0.39 is 15.8 Å². The van der Waals surface area contributed by atoms with Crippen LogP contribution in [0.25, 0.3) is 0 Å². The van der Waals surface area contributed by atoms with Crippen molar-refractivity contribution in [3.8, 4) is 11.5 Å². The number of piperazine rings is 1. The minimum absolute atomic E-state index is 0.0893. The van der Waals surface area contributed by atoms with Crippen molar-refractivity contribution in [2.24, 2.45) is 0 Å². The molecule has 1 saturated heterocycles. The molecule has 0 saturated carbocycles. The van der Waals surface area contributed by atoms with Crippen LogP contribution in [0.2, 0.25) is 0 Å². The van der Waals surface area contributed by atoms with Crippen molar-refractivity contribution in [3.63, 3.8) is 0 Å². The number of halogens is 1. The molecule has 2 aromatic rings. The summed E-state index contributed by atoms with van der Waals surface area (Å²) in [5.41, 5.74) is 0.483. The first kappa shape index (κ1) is 24.9. The van der Waals surface area contributed by atoms with Crippen LogP contribution in [0.15, 0.2) is 47.4 Å². The number of nitrogens with one attached hydrogen (secondary N) is 1. The largest absolute Gasteiger partial charge is 0.490 e. The number of carbonyl (C=O) groups excluding carboxylic acids is 1. The fourth-order valence-electron chi connectivity index (χ4n) is 3.57. The Balaban J connectivity index is 1.48. The third kappa shape index (κ3) is 6.43. The van der Waals surface area contributed by atoms with E-state index in [1.165, 1.54) is 16.4 Å². The molecule has 0 radical (unpaired) electrons. The number of rotatable bonds is 10. The maximum atomic E-state index is 13.1. The van der Waals surface area contributed by atoms with Crippen LogP contribution in [0.5, 0.6) is 11.5 Å². The molecular formula is C23H30FN3O5S. The summed E-state index contributed by atoms with van der Waals surface area (Å²) in [5.74, 6) is 0.450. The molecule has 0 unspecified atom stereocenters. The Kier molecular flexibility index (Phi) is 8.65. The van der Waals surface area contributed by atoms with Gasteiger partial charge in [0.05, 0.1) is 18.1 Å². The van der Waals surface area contributed by atoms with Gasteiger partial charge in [-0.1, -0.05) is 0 Å². The van der Waals surface area contributed by atoms with E-state index in [1.54, 1.807) is 18.2 Å². The van der Waals surface area contributed by atoms with E-state index in [-0.39, 0.29) is 10.8 Å². The van der Waals surface area contributed by atoms with Gasteiger partial charge in [-0.25, -0.2) is 12.8 Å². The monoisotopic (exact) mass is 479 g/mol. The van der Waals surface area contributed by atoms with Gasteiger partial charge in [0.15, 0.2) is 11.5 Å². The molecule has 0 aliphatic carbocycles. The molecule has 1 fully saturated rings. The van der Waals surface area contributed by atoms with Crippen LogP contribution in [0.3, 0.4) is 0 Å². The second-order valence-corrected chi connectivity index (χ2v) is 9.42. The summed E-state index contributed by atoms with van der Waals surface area (Å²) in [4.78, 5) is 14.7. The predicted octanol–water partition coefficient (Wildman–Crippen LogP) is 2.36. The highest BCUT2D eigenvalue weighted by Gasteiger charge is 2.28. The van der Waals surface area contributed by atoms with Gasteiger partial charge in [0, 0.05) is 44.8 Å². The van der Waals surface area contributed by atoms with E-state index in [0.29, 0.717) is 69.5 Å². The van der Waals surface area contributed by atoms with Gasteiger partial charge in [0.1, 0.15) is 5.82 Å². The number of nitrogens with zero attached hydrogens (tertiary/aromatic N) is 2.